The average molecular weight is 392 g/mol. The van der Waals surface area contributed by atoms with Crippen molar-refractivity contribution in [2.45, 2.75) is 39.7 Å². The molecule has 3 rings (SSSR count). The molecular weight excluding hydrogens is 370 g/mol. The molecule has 6 nitrogen and oxygen atoms in total. The Morgan fingerprint density at radius 2 is 2.07 bits per heavy atom. The summed E-state index contributed by atoms with van der Waals surface area (Å²) >= 11 is 6.28. The number of fused-ring (bicyclic) bond motifs is 1. The first-order valence-corrected chi connectivity index (χ1v) is 9.44. The number of hydrogen-bond acceptors (Lipinski definition) is 5. The van der Waals surface area contributed by atoms with Gasteiger partial charge in [-0.25, -0.2) is 4.79 Å². The van der Waals surface area contributed by atoms with Crippen molar-refractivity contribution in [1.29, 1.82) is 0 Å². The van der Waals surface area contributed by atoms with Crippen molar-refractivity contribution in [3.8, 4) is 0 Å². The average Bonchev–Trinajstić information content (AvgIpc) is 2.65. The lowest BCUT2D eigenvalue weighted by Gasteiger charge is -2.30. The molecule has 0 N–H and O–H groups in total. The third-order valence-corrected chi connectivity index (χ3v) is 5.30. The zero-order chi connectivity index (χ0) is 19.6. The Hall–Kier alpha value is -2.34. The van der Waals surface area contributed by atoms with Crippen LogP contribution in [-0.4, -0.2) is 29.9 Å². The van der Waals surface area contributed by atoms with Gasteiger partial charge in [-0.2, -0.15) is 0 Å². The van der Waals surface area contributed by atoms with Crippen LogP contribution < -0.4 is 5.63 Å². The summed E-state index contributed by atoms with van der Waals surface area (Å²) in [6, 6.07) is 4.80. The zero-order valence-electron chi connectivity index (χ0n) is 15.4. The zero-order valence-corrected chi connectivity index (χ0v) is 16.2. The van der Waals surface area contributed by atoms with Gasteiger partial charge in [0.2, 0.25) is 5.91 Å². The van der Waals surface area contributed by atoms with Crippen LogP contribution in [0.1, 0.15) is 37.8 Å². The van der Waals surface area contributed by atoms with Gasteiger partial charge in [0.1, 0.15) is 12.2 Å². The number of esters is 1. The van der Waals surface area contributed by atoms with E-state index in [1.54, 1.807) is 17.0 Å². The summed E-state index contributed by atoms with van der Waals surface area (Å²) < 4.78 is 10.7. The molecule has 1 aromatic carbocycles. The number of rotatable bonds is 4. The maximum Gasteiger partial charge on any atom is 0.336 e. The van der Waals surface area contributed by atoms with E-state index in [9.17, 15) is 14.4 Å². The highest BCUT2D eigenvalue weighted by Gasteiger charge is 2.28. The van der Waals surface area contributed by atoms with Gasteiger partial charge in [-0.1, -0.05) is 18.5 Å². The maximum absolute atomic E-state index is 12.4. The Morgan fingerprint density at radius 3 is 2.78 bits per heavy atom. The third-order valence-electron chi connectivity index (χ3n) is 4.95. The molecule has 27 heavy (non-hydrogen) atoms. The quantitative estimate of drug-likeness (QED) is 0.590. The molecule has 0 aliphatic carbocycles. The van der Waals surface area contributed by atoms with Crippen molar-refractivity contribution in [3.05, 3.63) is 44.8 Å². The number of halogens is 1. The molecule has 1 fully saturated rings. The molecule has 2 heterocycles. The Kier molecular flexibility index (Phi) is 5.85. The number of ether oxygens (including phenoxy) is 1. The molecule has 0 radical (unpaired) electrons. The van der Waals surface area contributed by atoms with Crippen molar-refractivity contribution < 1.29 is 18.7 Å². The van der Waals surface area contributed by atoms with Gasteiger partial charge in [-0.05, 0) is 37.0 Å². The van der Waals surface area contributed by atoms with Gasteiger partial charge >= 0.3 is 11.6 Å². The van der Waals surface area contributed by atoms with Gasteiger partial charge in [-0.3, -0.25) is 9.59 Å². The van der Waals surface area contributed by atoms with Crippen LogP contribution in [0.2, 0.25) is 5.02 Å². The number of aryl methyl sites for hydroxylation is 1. The summed E-state index contributed by atoms with van der Waals surface area (Å²) in [5, 5.41) is 1.23. The second-order valence-corrected chi connectivity index (χ2v) is 7.20. The van der Waals surface area contributed by atoms with Crippen LogP contribution in [0.3, 0.4) is 0 Å². The SMILES string of the molecule is CCc1cc2oc(=O)cc(COC(=O)[C@@H]3CCCN(C(C)=O)C3)c2cc1Cl. The minimum Gasteiger partial charge on any atom is -0.461 e. The van der Waals surface area contributed by atoms with Crippen LogP contribution in [0.25, 0.3) is 11.0 Å². The van der Waals surface area contributed by atoms with Gasteiger partial charge in [0.05, 0.1) is 5.92 Å². The maximum atomic E-state index is 12.4. The van der Waals surface area contributed by atoms with Gasteiger partial charge in [0.15, 0.2) is 0 Å². The lowest BCUT2D eigenvalue weighted by molar-refractivity contribution is -0.152. The minimum absolute atomic E-state index is 0.0412. The number of piperidine rings is 1. The van der Waals surface area contributed by atoms with E-state index in [-0.39, 0.29) is 24.4 Å². The minimum atomic E-state index is -0.502. The number of carbonyl (C=O) groups excluding carboxylic acids is 2. The third kappa shape index (κ3) is 4.33. The number of hydrogen-bond donors (Lipinski definition) is 0. The lowest BCUT2D eigenvalue weighted by Crippen LogP contribution is -2.41. The Bertz CT molecular complexity index is 936. The number of nitrogens with zero attached hydrogens (tertiary/aromatic N) is 1. The highest BCUT2D eigenvalue weighted by atomic mass is 35.5. The molecular formula is C20H22ClNO5. The van der Waals surface area contributed by atoms with E-state index in [1.807, 2.05) is 6.92 Å². The van der Waals surface area contributed by atoms with Gasteiger partial charge in [0, 0.05) is 42.1 Å². The van der Waals surface area contributed by atoms with Crippen LogP contribution in [0.5, 0.6) is 0 Å². The number of amides is 1. The van der Waals surface area contributed by atoms with Crippen LogP contribution >= 0.6 is 11.6 Å². The molecule has 0 saturated carbocycles. The molecule has 1 aromatic heterocycles. The molecule has 1 aliphatic heterocycles. The molecule has 7 heteroatoms. The molecule has 1 atom stereocenters. The smallest absolute Gasteiger partial charge is 0.336 e. The number of likely N-dealkylation sites (tertiary alicyclic amines) is 1. The molecule has 1 saturated heterocycles. The normalized spacial score (nSPS) is 17.1. The van der Waals surface area contributed by atoms with Crippen LogP contribution in [0.4, 0.5) is 0 Å². The number of carbonyl (C=O) groups is 2. The molecule has 2 aromatic rings. The fourth-order valence-corrected chi connectivity index (χ4v) is 3.70. The van der Waals surface area contributed by atoms with Crippen molar-refractivity contribution in [2.24, 2.45) is 5.92 Å². The number of benzene rings is 1. The summed E-state index contributed by atoms with van der Waals surface area (Å²) in [6.45, 7) is 4.46. The second-order valence-electron chi connectivity index (χ2n) is 6.80. The molecule has 144 valence electrons. The van der Waals surface area contributed by atoms with E-state index in [1.165, 1.54) is 13.0 Å². The highest BCUT2D eigenvalue weighted by Crippen LogP contribution is 2.27. The predicted molar refractivity (Wildman–Crippen MR) is 102 cm³/mol. The van der Waals surface area contributed by atoms with E-state index < -0.39 is 5.63 Å². The van der Waals surface area contributed by atoms with Crippen molar-refractivity contribution in [2.75, 3.05) is 13.1 Å². The Labute approximate surface area is 162 Å². The van der Waals surface area contributed by atoms with E-state index in [0.717, 1.165) is 12.0 Å². The largest absolute Gasteiger partial charge is 0.461 e. The Balaban J connectivity index is 1.78. The van der Waals surface area contributed by atoms with Gasteiger partial charge in [-0.15, -0.1) is 0 Å². The standard InChI is InChI=1S/C20H22ClNO5/c1-3-13-7-18-16(9-17(13)21)15(8-19(24)27-18)11-26-20(25)14-5-4-6-22(10-14)12(2)23/h7-9,14H,3-6,10-11H2,1-2H3/t14-/m1/s1. The summed E-state index contributed by atoms with van der Waals surface area (Å²) in [5.41, 5.74) is 1.36. The summed E-state index contributed by atoms with van der Waals surface area (Å²) in [7, 11) is 0. The highest BCUT2D eigenvalue weighted by molar-refractivity contribution is 6.32. The lowest BCUT2D eigenvalue weighted by atomic mass is 9.98. The first-order chi connectivity index (χ1) is 12.9. The van der Waals surface area contributed by atoms with Crippen LogP contribution in [0.15, 0.2) is 27.4 Å². The van der Waals surface area contributed by atoms with E-state index in [0.29, 0.717) is 47.5 Å². The van der Waals surface area contributed by atoms with Crippen molar-refractivity contribution in [1.82, 2.24) is 4.90 Å². The molecule has 0 bridgehead atoms. The topological polar surface area (TPSA) is 76.8 Å². The van der Waals surface area contributed by atoms with E-state index in [2.05, 4.69) is 0 Å². The van der Waals surface area contributed by atoms with E-state index >= 15 is 0 Å². The van der Waals surface area contributed by atoms with Crippen molar-refractivity contribution >= 4 is 34.4 Å². The fraction of sp³-hybridized carbons (Fsp3) is 0.450. The fourth-order valence-electron chi connectivity index (χ4n) is 3.40. The predicted octanol–water partition coefficient (Wildman–Crippen LogP) is 3.31. The first-order valence-electron chi connectivity index (χ1n) is 9.06. The van der Waals surface area contributed by atoms with Crippen LogP contribution in [-0.2, 0) is 27.4 Å². The van der Waals surface area contributed by atoms with Gasteiger partial charge < -0.3 is 14.1 Å². The molecule has 0 unspecified atom stereocenters. The molecule has 1 amide bonds. The van der Waals surface area contributed by atoms with Crippen LogP contribution in [0, 0.1) is 5.92 Å². The summed E-state index contributed by atoms with van der Waals surface area (Å²) in [6.07, 6.45) is 2.17. The van der Waals surface area contributed by atoms with Crippen molar-refractivity contribution in [3.63, 3.8) is 0 Å². The Morgan fingerprint density at radius 1 is 1.30 bits per heavy atom. The summed E-state index contributed by atoms with van der Waals surface area (Å²) in [5.74, 6) is -0.747. The molecule has 1 aliphatic rings. The van der Waals surface area contributed by atoms with E-state index in [4.69, 9.17) is 20.8 Å². The summed E-state index contributed by atoms with van der Waals surface area (Å²) in [4.78, 5) is 37.5. The van der Waals surface area contributed by atoms with Gasteiger partial charge in [0.25, 0.3) is 0 Å². The monoisotopic (exact) mass is 391 g/mol. The first kappa shape index (κ1) is 19.4. The molecule has 0 spiro atoms. The second kappa shape index (κ2) is 8.13.